The summed E-state index contributed by atoms with van der Waals surface area (Å²) in [6.45, 7) is 2.93. The van der Waals surface area contributed by atoms with Gasteiger partial charge in [-0.2, -0.15) is 0 Å². The van der Waals surface area contributed by atoms with Gasteiger partial charge in [0.25, 0.3) is 5.69 Å². The molecule has 1 saturated heterocycles. The van der Waals surface area contributed by atoms with Gasteiger partial charge in [-0.1, -0.05) is 0 Å². The molecule has 1 aliphatic rings. The first kappa shape index (κ1) is 15.7. The Morgan fingerprint density at radius 3 is 3.00 bits per heavy atom. The Bertz CT molecular complexity index is 483. The highest BCUT2D eigenvalue weighted by Gasteiger charge is 2.17. The lowest BCUT2D eigenvalue weighted by atomic mass is 10.1. The summed E-state index contributed by atoms with van der Waals surface area (Å²) in [5, 5.41) is 20.5. The number of aliphatic hydroxyl groups is 1. The quantitative estimate of drug-likeness (QED) is 0.475. The van der Waals surface area contributed by atoms with Crippen LogP contribution in [-0.2, 0) is 4.74 Å². The third-order valence-corrected chi connectivity index (χ3v) is 3.61. The summed E-state index contributed by atoms with van der Waals surface area (Å²) < 4.78 is 11.2. The predicted octanol–water partition coefficient (Wildman–Crippen LogP) is 2.99. The maximum atomic E-state index is 10.8. The Morgan fingerprint density at radius 2 is 2.38 bits per heavy atom. The van der Waals surface area contributed by atoms with Crippen molar-refractivity contribution in [3.63, 3.8) is 0 Å². The van der Waals surface area contributed by atoms with E-state index in [0.29, 0.717) is 24.0 Å². The zero-order chi connectivity index (χ0) is 15.2. The molecule has 21 heavy (non-hydrogen) atoms. The lowest BCUT2D eigenvalue weighted by Crippen LogP contribution is -2.08. The van der Waals surface area contributed by atoms with E-state index in [1.807, 2.05) is 0 Å². The average Bonchev–Trinajstić information content (AvgIpc) is 2.96. The van der Waals surface area contributed by atoms with Crippen LogP contribution in [0.1, 0.15) is 44.3 Å². The number of rotatable bonds is 7. The minimum atomic E-state index is -0.807. The summed E-state index contributed by atoms with van der Waals surface area (Å²) in [4.78, 5) is 10.3. The molecule has 116 valence electrons. The normalized spacial score (nSPS) is 19.4. The van der Waals surface area contributed by atoms with Crippen LogP contribution < -0.4 is 4.74 Å². The van der Waals surface area contributed by atoms with Crippen molar-refractivity contribution in [3.8, 4) is 5.75 Å². The SMILES string of the molecule is C[C@@H](O)c1cc([N+](=O)[O-])ccc1OCCCC1CCCO1. The minimum absolute atomic E-state index is 0.0439. The largest absolute Gasteiger partial charge is 0.493 e. The van der Waals surface area contributed by atoms with Gasteiger partial charge >= 0.3 is 0 Å². The highest BCUT2D eigenvalue weighted by Crippen LogP contribution is 2.29. The first-order valence-corrected chi connectivity index (χ1v) is 7.28. The van der Waals surface area contributed by atoms with Gasteiger partial charge in [-0.15, -0.1) is 0 Å². The molecule has 0 aliphatic carbocycles. The third-order valence-electron chi connectivity index (χ3n) is 3.61. The van der Waals surface area contributed by atoms with Crippen LogP contribution in [0.5, 0.6) is 5.75 Å². The molecular weight excluding hydrogens is 274 g/mol. The number of ether oxygens (including phenoxy) is 2. The van der Waals surface area contributed by atoms with Crippen molar-refractivity contribution < 1.29 is 19.5 Å². The van der Waals surface area contributed by atoms with E-state index in [2.05, 4.69) is 0 Å². The summed E-state index contributed by atoms with van der Waals surface area (Å²) >= 11 is 0. The summed E-state index contributed by atoms with van der Waals surface area (Å²) in [5.41, 5.74) is 0.402. The second-order valence-corrected chi connectivity index (χ2v) is 5.28. The van der Waals surface area contributed by atoms with Crippen LogP contribution >= 0.6 is 0 Å². The number of nitrogens with zero attached hydrogens (tertiary/aromatic N) is 1. The van der Waals surface area contributed by atoms with Crippen LogP contribution in [-0.4, -0.2) is 29.3 Å². The lowest BCUT2D eigenvalue weighted by molar-refractivity contribution is -0.385. The van der Waals surface area contributed by atoms with Crippen molar-refractivity contribution >= 4 is 5.69 Å². The van der Waals surface area contributed by atoms with E-state index < -0.39 is 11.0 Å². The summed E-state index contributed by atoms with van der Waals surface area (Å²) in [5.74, 6) is 0.503. The van der Waals surface area contributed by atoms with Gasteiger partial charge in [-0.05, 0) is 38.7 Å². The topological polar surface area (TPSA) is 81.8 Å². The lowest BCUT2D eigenvalue weighted by Gasteiger charge is -2.14. The van der Waals surface area contributed by atoms with Crippen LogP contribution in [0.25, 0.3) is 0 Å². The van der Waals surface area contributed by atoms with Gasteiger partial charge in [0, 0.05) is 24.3 Å². The molecule has 1 N–H and O–H groups in total. The minimum Gasteiger partial charge on any atom is -0.493 e. The summed E-state index contributed by atoms with van der Waals surface area (Å²) in [6, 6.07) is 4.30. The molecule has 6 nitrogen and oxygen atoms in total. The Morgan fingerprint density at radius 1 is 1.57 bits per heavy atom. The van der Waals surface area contributed by atoms with E-state index in [4.69, 9.17) is 9.47 Å². The number of non-ortho nitro benzene ring substituents is 1. The molecule has 6 heteroatoms. The van der Waals surface area contributed by atoms with Crippen molar-refractivity contribution in [3.05, 3.63) is 33.9 Å². The van der Waals surface area contributed by atoms with Crippen molar-refractivity contribution in [2.24, 2.45) is 0 Å². The molecule has 1 unspecified atom stereocenters. The molecule has 0 spiro atoms. The average molecular weight is 295 g/mol. The molecule has 1 aromatic carbocycles. The predicted molar refractivity (Wildman–Crippen MR) is 77.4 cm³/mol. The molecule has 0 radical (unpaired) electrons. The second-order valence-electron chi connectivity index (χ2n) is 5.28. The molecule has 1 aromatic rings. The zero-order valence-electron chi connectivity index (χ0n) is 12.2. The fraction of sp³-hybridized carbons (Fsp3) is 0.600. The summed E-state index contributed by atoms with van der Waals surface area (Å²) in [7, 11) is 0. The third kappa shape index (κ3) is 4.41. The zero-order valence-corrected chi connectivity index (χ0v) is 12.2. The molecule has 0 saturated carbocycles. The molecule has 2 atom stereocenters. The van der Waals surface area contributed by atoms with Crippen LogP contribution in [0.15, 0.2) is 18.2 Å². The highest BCUT2D eigenvalue weighted by molar-refractivity contribution is 5.44. The van der Waals surface area contributed by atoms with E-state index in [1.165, 1.54) is 12.1 Å². The number of aliphatic hydroxyl groups excluding tert-OH is 1. The number of hydrogen-bond donors (Lipinski definition) is 1. The van der Waals surface area contributed by atoms with Crippen molar-refractivity contribution in [2.45, 2.75) is 44.8 Å². The maximum absolute atomic E-state index is 10.8. The van der Waals surface area contributed by atoms with Crippen LogP contribution in [0.2, 0.25) is 0 Å². The van der Waals surface area contributed by atoms with E-state index in [-0.39, 0.29) is 5.69 Å². The van der Waals surface area contributed by atoms with Gasteiger partial charge in [0.2, 0.25) is 0 Å². The second kappa shape index (κ2) is 7.38. The maximum Gasteiger partial charge on any atom is 0.270 e. The van der Waals surface area contributed by atoms with E-state index in [9.17, 15) is 15.2 Å². The van der Waals surface area contributed by atoms with Gasteiger partial charge in [-0.25, -0.2) is 0 Å². The Labute approximate surface area is 123 Å². The molecular formula is C15H21NO5. The fourth-order valence-corrected chi connectivity index (χ4v) is 2.47. The van der Waals surface area contributed by atoms with Crippen molar-refractivity contribution in [1.29, 1.82) is 0 Å². The standard InChI is InChI=1S/C15H21NO5/c1-11(17)14-10-12(16(18)19)6-7-15(14)21-9-3-5-13-4-2-8-20-13/h6-7,10-11,13,17H,2-5,8-9H2,1H3/t11-,13?/m1/s1. The Kier molecular flexibility index (Phi) is 5.52. The van der Waals surface area contributed by atoms with Crippen molar-refractivity contribution in [2.75, 3.05) is 13.2 Å². The van der Waals surface area contributed by atoms with Crippen LogP contribution in [0.4, 0.5) is 5.69 Å². The first-order valence-electron chi connectivity index (χ1n) is 7.28. The summed E-state index contributed by atoms with van der Waals surface area (Å²) in [6.07, 6.45) is 3.58. The van der Waals surface area contributed by atoms with E-state index >= 15 is 0 Å². The molecule has 0 bridgehead atoms. The number of nitro benzene ring substituents is 1. The van der Waals surface area contributed by atoms with E-state index in [1.54, 1.807) is 13.0 Å². The fourth-order valence-electron chi connectivity index (χ4n) is 2.47. The van der Waals surface area contributed by atoms with E-state index in [0.717, 1.165) is 32.3 Å². The van der Waals surface area contributed by atoms with Gasteiger partial charge in [0.15, 0.2) is 0 Å². The molecule has 1 heterocycles. The molecule has 1 aliphatic heterocycles. The highest BCUT2D eigenvalue weighted by atomic mass is 16.6. The molecule has 0 amide bonds. The van der Waals surface area contributed by atoms with Crippen molar-refractivity contribution in [1.82, 2.24) is 0 Å². The van der Waals surface area contributed by atoms with Gasteiger partial charge in [0.1, 0.15) is 5.75 Å². The van der Waals surface area contributed by atoms with Gasteiger partial charge < -0.3 is 14.6 Å². The van der Waals surface area contributed by atoms with Crippen LogP contribution in [0.3, 0.4) is 0 Å². The Hall–Kier alpha value is -1.66. The molecule has 1 fully saturated rings. The van der Waals surface area contributed by atoms with Gasteiger partial charge in [0.05, 0.1) is 23.7 Å². The van der Waals surface area contributed by atoms with Crippen LogP contribution in [0, 0.1) is 10.1 Å². The number of hydrogen-bond acceptors (Lipinski definition) is 5. The molecule has 0 aromatic heterocycles. The smallest absolute Gasteiger partial charge is 0.270 e. The number of benzene rings is 1. The Balaban J connectivity index is 1.90. The monoisotopic (exact) mass is 295 g/mol. The first-order chi connectivity index (χ1) is 10.1. The molecule has 2 rings (SSSR count). The number of nitro groups is 1. The van der Waals surface area contributed by atoms with Gasteiger partial charge in [-0.3, -0.25) is 10.1 Å².